The molecule has 0 saturated heterocycles. The first-order valence-electron chi connectivity index (χ1n) is 7.16. The lowest BCUT2D eigenvalue weighted by molar-refractivity contribution is -0.134. The summed E-state index contributed by atoms with van der Waals surface area (Å²) in [5.74, 6) is -0.933. The molecule has 0 bridgehead atoms. The van der Waals surface area contributed by atoms with Crippen LogP contribution in [0.25, 0.3) is 0 Å². The number of ketones is 1. The van der Waals surface area contributed by atoms with Crippen LogP contribution in [0.4, 0.5) is 0 Å². The van der Waals surface area contributed by atoms with Crippen molar-refractivity contribution in [2.24, 2.45) is 5.92 Å². The molecule has 3 N–H and O–H groups in total. The molecule has 0 aromatic heterocycles. The average molecular weight is 286 g/mol. The Kier molecular flexibility index (Phi) is 9.72. The van der Waals surface area contributed by atoms with Gasteiger partial charge >= 0.3 is 0 Å². The van der Waals surface area contributed by atoms with E-state index < -0.39 is 12.1 Å². The Balaban J connectivity index is 0.000000796. The molecule has 1 fully saturated rings. The molecule has 1 rings (SSSR count). The number of carboxylic acid groups (broad SMARTS) is 1. The Morgan fingerprint density at radius 3 is 2.30 bits per heavy atom. The van der Waals surface area contributed by atoms with Crippen molar-refractivity contribution in [3.8, 4) is 0 Å². The summed E-state index contributed by atoms with van der Waals surface area (Å²) in [5, 5.41) is 26.7. The molecule has 5 nitrogen and oxygen atoms in total. The van der Waals surface area contributed by atoms with Gasteiger partial charge in [0, 0.05) is 25.7 Å². The summed E-state index contributed by atoms with van der Waals surface area (Å²) in [7, 11) is 0. The quantitative estimate of drug-likeness (QED) is 0.515. The molecule has 1 aliphatic carbocycles. The smallest absolute Gasteiger partial charge is 0.300 e. The van der Waals surface area contributed by atoms with E-state index in [2.05, 4.69) is 6.92 Å². The third-order valence-electron chi connectivity index (χ3n) is 3.14. The SMILES string of the molecule is CC(=O)O.CCCCCCC=C(O)[C@@H]1CC(=O)C[C@H]1O. The fourth-order valence-electron chi connectivity index (χ4n) is 2.11. The van der Waals surface area contributed by atoms with Crippen molar-refractivity contribution in [3.63, 3.8) is 0 Å². The van der Waals surface area contributed by atoms with E-state index in [1.807, 2.05) is 0 Å². The van der Waals surface area contributed by atoms with Crippen LogP contribution in [0.5, 0.6) is 0 Å². The predicted octanol–water partition coefficient (Wildman–Crippen LogP) is 2.83. The Bertz CT molecular complexity index is 331. The highest BCUT2D eigenvalue weighted by Crippen LogP contribution is 2.28. The summed E-state index contributed by atoms with van der Waals surface area (Å²) in [6, 6.07) is 0. The molecule has 0 aromatic carbocycles. The summed E-state index contributed by atoms with van der Waals surface area (Å²) in [6.07, 6.45) is 7.06. The Morgan fingerprint density at radius 2 is 1.85 bits per heavy atom. The molecule has 1 saturated carbocycles. The van der Waals surface area contributed by atoms with Crippen molar-refractivity contribution in [1.82, 2.24) is 0 Å². The van der Waals surface area contributed by atoms with E-state index in [0.717, 1.165) is 19.8 Å². The van der Waals surface area contributed by atoms with Crippen LogP contribution in [0.1, 0.15) is 58.8 Å². The van der Waals surface area contributed by atoms with Gasteiger partial charge in [-0.3, -0.25) is 9.59 Å². The van der Waals surface area contributed by atoms with Crippen LogP contribution in [-0.4, -0.2) is 33.2 Å². The maximum atomic E-state index is 11.1. The van der Waals surface area contributed by atoms with E-state index in [-0.39, 0.29) is 23.9 Å². The fourth-order valence-corrected chi connectivity index (χ4v) is 2.11. The fraction of sp³-hybridized carbons (Fsp3) is 0.733. The highest BCUT2D eigenvalue weighted by atomic mass is 16.4. The molecule has 0 amide bonds. The van der Waals surface area contributed by atoms with Gasteiger partial charge in [-0.15, -0.1) is 0 Å². The second-order valence-electron chi connectivity index (χ2n) is 5.12. The third kappa shape index (κ3) is 8.69. The van der Waals surface area contributed by atoms with Gasteiger partial charge in [0.2, 0.25) is 0 Å². The van der Waals surface area contributed by atoms with Crippen molar-refractivity contribution in [3.05, 3.63) is 11.8 Å². The van der Waals surface area contributed by atoms with E-state index in [0.29, 0.717) is 6.42 Å². The Hall–Kier alpha value is -1.36. The number of hydrogen-bond acceptors (Lipinski definition) is 4. The maximum absolute atomic E-state index is 11.1. The summed E-state index contributed by atoms with van der Waals surface area (Å²) in [6.45, 7) is 3.24. The molecule has 5 heteroatoms. The first-order chi connectivity index (χ1) is 9.38. The van der Waals surface area contributed by atoms with Crippen LogP contribution >= 0.6 is 0 Å². The van der Waals surface area contributed by atoms with Gasteiger partial charge < -0.3 is 15.3 Å². The number of aliphatic hydroxyl groups excluding tert-OH is 2. The average Bonchev–Trinajstić information content (AvgIpc) is 2.67. The zero-order valence-electron chi connectivity index (χ0n) is 12.3. The van der Waals surface area contributed by atoms with Gasteiger partial charge in [0.05, 0.1) is 11.9 Å². The molecule has 0 heterocycles. The normalized spacial score (nSPS) is 22.4. The topological polar surface area (TPSA) is 94.8 Å². The number of rotatable bonds is 6. The van der Waals surface area contributed by atoms with Crippen LogP contribution in [0, 0.1) is 5.92 Å². The zero-order chi connectivity index (χ0) is 15.5. The number of hydrogen-bond donors (Lipinski definition) is 3. The summed E-state index contributed by atoms with van der Waals surface area (Å²) in [4.78, 5) is 20.1. The standard InChI is InChI=1S/C13H22O3.C2H4O2/c1-2-3-4-5-6-7-12(15)11-8-10(14)9-13(11)16;1-2(3)4/h7,11,13,15-16H,2-6,8-9H2,1H3;1H3,(H,3,4)/t11-,13+;/m0./s1. The maximum Gasteiger partial charge on any atom is 0.300 e. The van der Waals surface area contributed by atoms with E-state index in [9.17, 15) is 15.0 Å². The van der Waals surface area contributed by atoms with Crippen LogP contribution in [0.3, 0.4) is 0 Å². The van der Waals surface area contributed by atoms with Gasteiger partial charge in [0.15, 0.2) is 0 Å². The van der Waals surface area contributed by atoms with Gasteiger partial charge in [0.25, 0.3) is 5.97 Å². The van der Waals surface area contributed by atoms with Crippen molar-refractivity contribution in [2.75, 3.05) is 0 Å². The minimum atomic E-state index is -0.833. The lowest BCUT2D eigenvalue weighted by atomic mass is 10.0. The number of carboxylic acids is 1. The van der Waals surface area contributed by atoms with E-state index in [1.165, 1.54) is 19.3 Å². The van der Waals surface area contributed by atoms with E-state index >= 15 is 0 Å². The molecular formula is C15H26O5. The molecule has 116 valence electrons. The lowest BCUT2D eigenvalue weighted by Gasteiger charge is -2.12. The van der Waals surface area contributed by atoms with Gasteiger partial charge in [-0.05, 0) is 18.9 Å². The predicted molar refractivity (Wildman–Crippen MR) is 76.5 cm³/mol. The Labute approximate surface area is 120 Å². The lowest BCUT2D eigenvalue weighted by Crippen LogP contribution is -2.15. The molecule has 1 aliphatic rings. The first-order valence-corrected chi connectivity index (χ1v) is 7.16. The van der Waals surface area contributed by atoms with Crippen LogP contribution in [0.15, 0.2) is 11.8 Å². The molecule has 0 unspecified atom stereocenters. The van der Waals surface area contributed by atoms with Gasteiger partial charge in [-0.25, -0.2) is 0 Å². The van der Waals surface area contributed by atoms with Crippen molar-refractivity contribution < 1.29 is 24.9 Å². The van der Waals surface area contributed by atoms with E-state index in [4.69, 9.17) is 9.90 Å². The highest BCUT2D eigenvalue weighted by Gasteiger charge is 2.33. The largest absolute Gasteiger partial charge is 0.512 e. The van der Waals surface area contributed by atoms with Crippen LogP contribution in [0.2, 0.25) is 0 Å². The molecule has 0 aromatic rings. The Morgan fingerprint density at radius 1 is 1.25 bits per heavy atom. The molecule has 20 heavy (non-hydrogen) atoms. The van der Waals surface area contributed by atoms with E-state index in [1.54, 1.807) is 6.08 Å². The summed E-state index contributed by atoms with van der Waals surface area (Å²) < 4.78 is 0. The third-order valence-corrected chi connectivity index (χ3v) is 3.14. The summed E-state index contributed by atoms with van der Waals surface area (Å²) >= 11 is 0. The minimum absolute atomic E-state index is 0.0448. The molecular weight excluding hydrogens is 260 g/mol. The number of carbonyl (C=O) groups excluding carboxylic acids is 1. The highest BCUT2D eigenvalue weighted by molar-refractivity contribution is 5.82. The molecule has 0 aliphatic heterocycles. The van der Waals surface area contributed by atoms with Gasteiger partial charge in [-0.1, -0.05) is 26.2 Å². The minimum Gasteiger partial charge on any atom is -0.512 e. The number of aliphatic hydroxyl groups is 2. The zero-order valence-corrected chi connectivity index (χ0v) is 12.3. The number of Topliss-reactive ketones (excluding diaryl/α,β-unsaturated/α-hetero) is 1. The molecule has 0 spiro atoms. The molecule has 0 radical (unpaired) electrons. The number of carbonyl (C=O) groups is 2. The number of aliphatic carboxylic acids is 1. The van der Waals surface area contributed by atoms with Gasteiger partial charge in [-0.2, -0.15) is 0 Å². The number of unbranched alkanes of at least 4 members (excludes halogenated alkanes) is 4. The van der Waals surface area contributed by atoms with Crippen molar-refractivity contribution in [2.45, 2.75) is 64.9 Å². The van der Waals surface area contributed by atoms with Crippen LogP contribution in [-0.2, 0) is 9.59 Å². The van der Waals surface area contributed by atoms with Crippen molar-refractivity contribution >= 4 is 11.8 Å². The second kappa shape index (κ2) is 10.4. The summed E-state index contributed by atoms with van der Waals surface area (Å²) in [5.41, 5.74) is 0. The second-order valence-corrected chi connectivity index (χ2v) is 5.12. The van der Waals surface area contributed by atoms with Gasteiger partial charge in [0.1, 0.15) is 5.78 Å². The van der Waals surface area contributed by atoms with Crippen molar-refractivity contribution in [1.29, 1.82) is 0 Å². The molecule has 2 atom stereocenters. The monoisotopic (exact) mass is 286 g/mol. The number of allylic oxidation sites excluding steroid dienone is 1. The first kappa shape index (κ1) is 18.6. The van der Waals surface area contributed by atoms with Crippen LogP contribution < -0.4 is 0 Å².